The van der Waals surface area contributed by atoms with E-state index in [-0.39, 0.29) is 16.6 Å². The van der Waals surface area contributed by atoms with Crippen molar-refractivity contribution in [3.8, 4) is 0 Å². The van der Waals surface area contributed by atoms with Crippen molar-refractivity contribution >= 4 is 23.6 Å². The van der Waals surface area contributed by atoms with Crippen LogP contribution >= 0.6 is 11.8 Å². The van der Waals surface area contributed by atoms with Crippen LogP contribution in [0.2, 0.25) is 0 Å². The number of nitrogens with one attached hydrogen (secondary N) is 1. The van der Waals surface area contributed by atoms with Crippen LogP contribution in [0.1, 0.15) is 31.9 Å². The third-order valence-electron chi connectivity index (χ3n) is 3.61. The number of hydrogen-bond donors (Lipinski definition) is 2. The Bertz CT molecular complexity index is 533. The maximum atomic E-state index is 11.9. The van der Waals surface area contributed by atoms with Gasteiger partial charge in [0.25, 0.3) is 0 Å². The molecule has 0 aromatic heterocycles. The fourth-order valence-electron chi connectivity index (χ4n) is 2.23. The van der Waals surface area contributed by atoms with Gasteiger partial charge in [0.2, 0.25) is 5.91 Å². The van der Waals surface area contributed by atoms with E-state index < -0.39 is 12.0 Å². The molecule has 0 aliphatic carbocycles. The first-order chi connectivity index (χ1) is 9.77. The van der Waals surface area contributed by atoms with E-state index in [9.17, 15) is 9.59 Å². The van der Waals surface area contributed by atoms with E-state index in [1.54, 1.807) is 0 Å². The molecule has 2 atom stereocenters. The first kappa shape index (κ1) is 15.9. The summed E-state index contributed by atoms with van der Waals surface area (Å²) in [4.78, 5) is 22.8. The van der Waals surface area contributed by atoms with E-state index in [1.807, 2.05) is 0 Å². The first-order valence-corrected chi connectivity index (χ1v) is 8.06. The molecule has 1 fully saturated rings. The maximum Gasteiger partial charge on any atom is 0.327 e. The Morgan fingerprint density at radius 1 is 1.33 bits per heavy atom. The van der Waals surface area contributed by atoms with E-state index in [0.717, 1.165) is 5.56 Å². The molecule has 0 saturated carbocycles. The zero-order valence-corrected chi connectivity index (χ0v) is 13.4. The number of carbonyl (C=O) groups is 2. The Kier molecular flexibility index (Phi) is 4.61. The van der Waals surface area contributed by atoms with E-state index >= 15 is 0 Å². The largest absolute Gasteiger partial charge is 0.480 e. The van der Waals surface area contributed by atoms with Gasteiger partial charge in [-0.15, -0.1) is 11.8 Å². The minimum absolute atomic E-state index is 0.115. The summed E-state index contributed by atoms with van der Waals surface area (Å²) in [5, 5.41) is 11.3. The van der Waals surface area contributed by atoms with Crippen molar-refractivity contribution in [1.82, 2.24) is 5.32 Å². The molecule has 2 rings (SSSR count). The molecule has 1 heterocycles. The second-order valence-electron chi connectivity index (χ2n) is 6.37. The van der Waals surface area contributed by atoms with Gasteiger partial charge in [0.15, 0.2) is 0 Å². The third kappa shape index (κ3) is 4.00. The molecule has 1 amide bonds. The van der Waals surface area contributed by atoms with Gasteiger partial charge in [-0.25, -0.2) is 4.79 Å². The van der Waals surface area contributed by atoms with Gasteiger partial charge in [0, 0.05) is 5.75 Å². The second-order valence-corrected chi connectivity index (χ2v) is 7.61. The fourth-order valence-corrected chi connectivity index (χ4v) is 3.41. The van der Waals surface area contributed by atoms with Crippen molar-refractivity contribution in [2.75, 3.05) is 5.75 Å². The van der Waals surface area contributed by atoms with Gasteiger partial charge in [0.1, 0.15) is 6.04 Å². The highest BCUT2D eigenvalue weighted by Crippen LogP contribution is 2.25. The molecule has 0 spiro atoms. The Labute approximate surface area is 129 Å². The van der Waals surface area contributed by atoms with Crippen molar-refractivity contribution in [3.63, 3.8) is 0 Å². The van der Waals surface area contributed by atoms with Crippen molar-refractivity contribution in [1.29, 1.82) is 0 Å². The van der Waals surface area contributed by atoms with Crippen LogP contribution in [0.15, 0.2) is 24.3 Å². The fraction of sp³-hybridized carbons (Fsp3) is 0.500. The van der Waals surface area contributed by atoms with Gasteiger partial charge in [-0.05, 0) is 23.0 Å². The van der Waals surface area contributed by atoms with Crippen LogP contribution in [-0.2, 0) is 21.4 Å². The van der Waals surface area contributed by atoms with Crippen LogP contribution in [0.5, 0.6) is 0 Å². The maximum absolute atomic E-state index is 11.9. The molecule has 1 aliphatic rings. The van der Waals surface area contributed by atoms with Crippen molar-refractivity contribution in [2.45, 2.75) is 43.9 Å². The van der Waals surface area contributed by atoms with E-state index in [1.165, 1.54) is 17.3 Å². The molecular weight excluding hydrogens is 286 g/mol. The van der Waals surface area contributed by atoms with Crippen molar-refractivity contribution in [3.05, 3.63) is 35.4 Å². The standard InChI is InChI=1S/C16H21NO3S/c1-16(2,3)11-6-4-10(5-7-11)8-13-14(18)17-12(9-21-13)15(19)20/h4-7,12-13H,8-9H2,1-3H3,(H,17,18)(H,19,20)/t12-,13+/m0/s1. The van der Waals surface area contributed by atoms with Crippen molar-refractivity contribution < 1.29 is 14.7 Å². The molecule has 2 N–H and O–H groups in total. The molecule has 21 heavy (non-hydrogen) atoms. The number of carbonyl (C=O) groups excluding carboxylic acids is 1. The van der Waals surface area contributed by atoms with Crippen LogP contribution in [0.3, 0.4) is 0 Å². The van der Waals surface area contributed by atoms with Crippen LogP contribution in [0, 0.1) is 0 Å². The summed E-state index contributed by atoms with van der Waals surface area (Å²) >= 11 is 1.42. The Hall–Kier alpha value is -1.49. The molecule has 4 nitrogen and oxygen atoms in total. The summed E-state index contributed by atoms with van der Waals surface area (Å²) in [5.41, 5.74) is 2.48. The van der Waals surface area contributed by atoms with Gasteiger partial charge in [-0.2, -0.15) is 0 Å². The zero-order valence-electron chi connectivity index (χ0n) is 12.6. The summed E-state index contributed by atoms with van der Waals surface area (Å²) in [5.74, 6) is -0.728. The average Bonchev–Trinajstić information content (AvgIpc) is 2.40. The predicted molar refractivity (Wildman–Crippen MR) is 84.7 cm³/mol. The molecule has 1 aromatic carbocycles. The highest BCUT2D eigenvalue weighted by Gasteiger charge is 2.32. The topological polar surface area (TPSA) is 66.4 Å². The van der Waals surface area contributed by atoms with E-state index in [2.05, 4.69) is 50.4 Å². The quantitative estimate of drug-likeness (QED) is 0.898. The smallest absolute Gasteiger partial charge is 0.327 e. The first-order valence-electron chi connectivity index (χ1n) is 7.01. The van der Waals surface area contributed by atoms with Gasteiger partial charge in [0.05, 0.1) is 5.25 Å². The highest BCUT2D eigenvalue weighted by molar-refractivity contribution is 8.00. The van der Waals surface area contributed by atoms with Crippen LogP contribution < -0.4 is 5.32 Å². The third-order valence-corrected chi connectivity index (χ3v) is 4.92. The number of carboxylic acids is 1. The lowest BCUT2D eigenvalue weighted by Gasteiger charge is -2.26. The number of hydrogen-bond acceptors (Lipinski definition) is 3. The highest BCUT2D eigenvalue weighted by atomic mass is 32.2. The molecule has 114 valence electrons. The lowest BCUT2D eigenvalue weighted by atomic mass is 9.86. The number of amides is 1. The summed E-state index contributed by atoms with van der Waals surface area (Å²) in [7, 11) is 0. The van der Waals surface area contributed by atoms with Crippen LogP contribution in [-0.4, -0.2) is 34.0 Å². The SMILES string of the molecule is CC(C)(C)c1ccc(C[C@H]2SC[C@@H](C(=O)O)NC2=O)cc1. The van der Waals surface area contributed by atoms with Gasteiger partial charge in [-0.3, -0.25) is 4.79 Å². The minimum Gasteiger partial charge on any atom is -0.480 e. The average molecular weight is 307 g/mol. The number of carboxylic acid groups (broad SMARTS) is 1. The molecular formula is C16H21NO3S. The van der Waals surface area contributed by atoms with Gasteiger partial charge in [-0.1, -0.05) is 45.0 Å². The lowest BCUT2D eigenvalue weighted by Crippen LogP contribution is -2.51. The Morgan fingerprint density at radius 2 is 1.95 bits per heavy atom. The Balaban J connectivity index is 1.99. The summed E-state index contributed by atoms with van der Waals surface area (Å²) < 4.78 is 0. The summed E-state index contributed by atoms with van der Waals surface area (Å²) in [6.45, 7) is 6.50. The van der Waals surface area contributed by atoms with E-state index in [0.29, 0.717) is 12.2 Å². The lowest BCUT2D eigenvalue weighted by molar-refractivity contribution is -0.141. The number of benzene rings is 1. The van der Waals surface area contributed by atoms with Crippen molar-refractivity contribution in [2.24, 2.45) is 0 Å². The number of rotatable bonds is 3. The summed E-state index contributed by atoms with van der Waals surface area (Å²) in [6.07, 6.45) is 0.632. The molecule has 5 heteroatoms. The molecule has 0 radical (unpaired) electrons. The summed E-state index contributed by atoms with van der Waals surface area (Å²) in [6, 6.07) is 7.54. The molecule has 1 saturated heterocycles. The molecule has 0 bridgehead atoms. The van der Waals surface area contributed by atoms with Gasteiger partial charge < -0.3 is 10.4 Å². The monoisotopic (exact) mass is 307 g/mol. The number of aliphatic carboxylic acids is 1. The molecule has 0 unspecified atom stereocenters. The molecule has 1 aromatic rings. The molecule has 1 aliphatic heterocycles. The number of thioether (sulfide) groups is 1. The minimum atomic E-state index is -0.969. The van der Waals surface area contributed by atoms with Crippen LogP contribution in [0.4, 0.5) is 0 Å². The normalized spacial score (nSPS) is 22.7. The van der Waals surface area contributed by atoms with E-state index in [4.69, 9.17) is 5.11 Å². The zero-order chi connectivity index (χ0) is 15.6. The van der Waals surface area contributed by atoms with Gasteiger partial charge >= 0.3 is 5.97 Å². The predicted octanol–water partition coefficient (Wildman–Crippen LogP) is 2.21. The second kappa shape index (κ2) is 6.10. The van der Waals surface area contributed by atoms with Crippen LogP contribution in [0.25, 0.3) is 0 Å². The Morgan fingerprint density at radius 3 is 2.43 bits per heavy atom.